The van der Waals surface area contributed by atoms with Crippen LogP contribution < -0.4 is 9.64 Å². The van der Waals surface area contributed by atoms with E-state index in [-0.39, 0.29) is 35.9 Å². The zero-order valence-corrected chi connectivity index (χ0v) is 10.4. The number of methoxy groups -OCH3 is 1. The monoisotopic (exact) mass is 263 g/mol. The van der Waals surface area contributed by atoms with Crippen LogP contribution in [0, 0.1) is 0 Å². The number of carbonyl (C=O) groups excluding carboxylic acids is 2. The highest BCUT2D eigenvalue weighted by Gasteiger charge is 2.30. The number of carboxylic acid groups (broad SMARTS) is 1. The maximum absolute atomic E-state index is 11.8. The molecule has 0 saturated carbocycles. The molecule has 0 bridgehead atoms. The minimum atomic E-state index is -1.21. The molecule has 1 N–H and O–H groups in total. The first-order valence-electron chi connectivity index (χ1n) is 5.81. The number of benzene rings is 1. The lowest BCUT2D eigenvalue weighted by atomic mass is 10.1. The summed E-state index contributed by atoms with van der Waals surface area (Å²) in [5.41, 5.74) is -0.0223. The van der Waals surface area contributed by atoms with Crippen LogP contribution in [0.3, 0.4) is 0 Å². The molecule has 1 aromatic carbocycles. The summed E-state index contributed by atoms with van der Waals surface area (Å²) in [6.07, 6.45) is 1.00. The molecule has 1 aliphatic heterocycles. The molecular formula is C13H13NO5. The zero-order chi connectivity index (χ0) is 14.0. The van der Waals surface area contributed by atoms with Crippen LogP contribution in [0.25, 0.3) is 0 Å². The second-order valence-electron chi connectivity index (χ2n) is 4.16. The SMILES string of the molecule is COc1ccc(N2C(=O)CCCC2=O)c(C(=O)O)c1. The molecule has 1 saturated heterocycles. The number of hydrogen-bond donors (Lipinski definition) is 1. The van der Waals surface area contributed by atoms with Crippen LogP contribution in [-0.2, 0) is 9.59 Å². The van der Waals surface area contributed by atoms with Crippen molar-refractivity contribution in [3.8, 4) is 5.75 Å². The molecule has 6 nitrogen and oxygen atoms in total. The first-order valence-corrected chi connectivity index (χ1v) is 5.81. The standard InChI is InChI=1S/C13H13NO5/c1-19-8-5-6-10(9(7-8)13(17)18)14-11(15)3-2-4-12(14)16/h5-7H,2-4H2,1H3,(H,17,18). The van der Waals surface area contributed by atoms with Gasteiger partial charge in [-0.1, -0.05) is 0 Å². The third-order valence-corrected chi connectivity index (χ3v) is 2.96. The molecule has 1 fully saturated rings. The Bertz CT molecular complexity index is 536. The van der Waals surface area contributed by atoms with Crippen LogP contribution in [0.1, 0.15) is 29.6 Å². The Morgan fingerprint density at radius 2 is 1.89 bits per heavy atom. The number of carbonyl (C=O) groups is 3. The van der Waals surface area contributed by atoms with Crippen molar-refractivity contribution in [2.75, 3.05) is 12.0 Å². The fourth-order valence-electron chi connectivity index (χ4n) is 2.03. The van der Waals surface area contributed by atoms with E-state index in [4.69, 9.17) is 4.74 Å². The molecule has 1 aliphatic rings. The Balaban J connectivity index is 2.51. The van der Waals surface area contributed by atoms with Gasteiger partial charge in [0.05, 0.1) is 18.4 Å². The molecule has 6 heteroatoms. The van der Waals surface area contributed by atoms with E-state index in [9.17, 15) is 19.5 Å². The summed E-state index contributed by atoms with van der Waals surface area (Å²) in [6.45, 7) is 0. The van der Waals surface area contributed by atoms with Gasteiger partial charge >= 0.3 is 5.97 Å². The van der Waals surface area contributed by atoms with Crippen LogP contribution in [0.15, 0.2) is 18.2 Å². The number of carboxylic acids is 1. The van der Waals surface area contributed by atoms with Crippen molar-refractivity contribution in [1.29, 1.82) is 0 Å². The first-order chi connectivity index (χ1) is 9.04. The van der Waals surface area contributed by atoms with E-state index in [1.165, 1.54) is 25.3 Å². The lowest BCUT2D eigenvalue weighted by Gasteiger charge is -2.26. The van der Waals surface area contributed by atoms with Crippen molar-refractivity contribution >= 4 is 23.5 Å². The molecule has 2 rings (SSSR count). The highest BCUT2D eigenvalue weighted by molar-refractivity contribution is 6.18. The van der Waals surface area contributed by atoms with Crippen molar-refractivity contribution in [1.82, 2.24) is 0 Å². The summed E-state index contributed by atoms with van der Waals surface area (Å²) in [5, 5.41) is 9.18. The van der Waals surface area contributed by atoms with E-state index >= 15 is 0 Å². The summed E-state index contributed by atoms with van der Waals surface area (Å²) >= 11 is 0. The van der Waals surface area contributed by atoms with Crippen LogP contribution in [-0.4, -0.2) is 30.0 Å². The molecule has 0 spiro atoms. The largest absolute Gasteiger partial charge is 0.497 e. The van der Waals surface area contributed by atoms with Gasteiger partial charge in [0.15, 0.2) is 0 Å². The average Bonchev–Trinajstić information content (AvgIpc) is 2.38. The van der Waals surface area contributed by atoms with Crippen LogP contribution in [0.2, 0.25) is 0 Å². The van der Waals surface area contributed by atoms with Crippen molar-refractivity contribution in [2.45, 2.75) is 19.3 Å². The topological polar surface area (TPSA) is 83.9 Å². The maximum atomic E-state index is 11.8. The second kappa shape index (κ2) is 5.09. The molecule has 19 heavy (non-hydrogen) atoms. The van der Waals surface area contributed by atoms with Crippen LogP contribution >= 0.6 is 0 Å². The number of ether oxygens (including phenoxy) is 1. The Morgan fingerprint density at radius 1 is 1.26 bits per heavy atom. The Morgan fingerprint density at radius 3 is 2.42 bits per heavy atom. The van der Waals surface area contributed by atoms with Gasteiger partial charge in [-0.15, -0.1) is 0 Å². The van der Waals surface area contributed by atoms with Crippen molar-refractivity contribution in [2.24, 2.45) is 0 Å². The minimum absolute atomic E-state index is 0.100. The third kappa shape index (κ3) is 2.42. The maximum Gasteiger partial charge on any atom is 0.337 e. The molecule has 0 radical (unpaired) electrons. The van der Waals surface area contributed by atoms with Crippen molar-refractivity contribution in [3.63, 3.8) is 0 Å². The Hall–Kier alpha value is -2.37. The molecule has 0 atom stereocenters. The van der Waals surface area contributed by atoms with Crippen LogP contribution in [0.4, 0.5) is 5.69 Å². The van der Waals surface area contributed by atoms with Gasteiger partial charge in [0.1, 0.15) is 5.75 Å². The molecule has 0 unspecified atom stereocenters. The number of aromatic carboxylic acids is 1. The van der Waals surface area contributed by atoms with Gasteiger partial charge in [0.2, 0.25) is 11.8 Å². The Labute approximate surface area is 109 Å². The number of amides is 2. The van der Waals surface area contributed by atoms with E-state index in [0.717, 1.165) is 4.90 Å². The summed E-state index contributed by atoms with van der Waals surface area (Å²) < 4.78 is 4.95. The summed E-state index contributed by atoms with van der Waals surface area (Å²) in [5.74, 6) is -1.59. The number of piperidine rings is 1. The number of anilines is 1. The fourth-order valence-corrected chi connectivity index (χ4v) is 2.03. The molecule has 2 amide bonds. The van der Waals surface area contributed by atoms with Gasteiger partial charge in [-0.3, -0.25) is 9.59 Å². The fraction of sp³-hybridized carbons (Fsp3) is 0.308. The molecular weight excluding hydrogens is 250 g/mol. The van der Waals surface area contributed by atoms with Gasteiger partial charge in [-0.25, -0.2) is 9.69 Å². The number of hydrogen-bond acceptors (Lipinski definition) is 4. The third-order valence-electron chi connectivity index (χ3n) is 2.96. The normalized spacial score (nSPS) is 15.5. The van der Waals surface area contributed by atoms with E-state index in [1.54, 1.807) is 0 Å². The summed E-state index contributed by atoms with van der Waals surface area (Å²) in [6, 6.07) is 4.24. The quantitative estimate of drug-likeness (QED) is 0.834. The number of imide groups is 1. The number of rotatable bonds is 3. The van der Waals surface area contributed by atoms with Gasteiger partial charge in [0.25, 0.3) is 0 Å². The molecule has 1 heterocycles. The van der Waals surface area contributed by atoms with Crippen molar-refractivity contribution in [3.05, 3.63) is 23.8 Å². The smallest absolute Gasteiger partial charge is 0.337 e. The predicted molar refractivity (Wildman–Crippen MR) is 66.3 cm³/mol. The van der Waals surface area contributed by atoms with Crippen LogP contribution in [0.5, 0.6) is 5.75 Å². The van der Waals surface area contributed by atoms with Gasteiger partial charge < -0.3 is 9.84 Å². The van der Waals surface area contributed by atoms with E-state index in [2.05, 4.69) is 0 Å². The lowest BCUT2D eigenvalue weighted by Crippen LogP contribution is -2.41. The average molecular weight is 263 g/mol. The van der Waals surface area contributed by atoms with E-state index in [0.29, 0.717) is 12.2 Å². The predicted octanol–water partition coefficient (Wildman–Crippen LogP) is 1.44. The summed E-state index contributed by atoms with van der Waals surface area (Å²) in [4.78, 5) is 35.8. The van der Waals surface area contributed by atoms with E-state index < -0.39 is 5.97 Å². The van der Waals surface area contributed by atoms with Gasteiger partial charge in [-0.2, -0.15) is 0 Å². The molecule has 0 aliphatic carbocycles. The highest BCUT2D eigenvalue weighted by Crippen LogP contribution is 2.29. The number of nitrogens with zero attached hydrogens (tertiary/aromatic N) is 1. The minimum Gasteiger partial charge on any atom is -0.497 e. The van der Waals surface area contributed by atoms with Gasteiger partial charge in [-0.05, 0) is 24.6 Å². The molecule has 1 aromatic rings. The molecule has 0 aromatic heterocycles. The Kier molecular flexibility index (Phi) is 3.50. The lowest BCUT2D eigenvalue weighted by molar-refractivity contribution is -0.129. The molecule has 100 valence electrons. The van der Waals surface area contributed by atoms with Crippen molar-refractivity contribution < 1.29 is 24.2 Å². The highest BCUT2D eigenvalue weighted by atomic mass is 16.5. The second-order valence-corrected chi connectivity index (χ2v) is 4.16. The first kappa shape index (κ1) is 13.1. The van der Waals surface area contributed by atoms with E-state index in [1.807, 2.05) is 0 Å². The summed E-state index contributed by atoms with van der Waals surface area (Å²) in [7, 11) is 1.41. The van der Waals surface area contributed by atoms with Gasteiger partial charge in [0, 0.05) is 12.8 Å². The zero-order valence-electron chi connectivity index (χ0n) is 10.4.